The van der Waals surface area contributed by atoms with E-state index >= 15 is 0 Å². The molecule has 19 heavy (non-hydrogen) atoms. The van der Waals surface area contributed by atoms with Gasteiger partial charge in [-0.05, 0) is 12.8 Å². The molecule has 0 aliphatic carbocycles. The topological polar surface area (TPSA) is 109 Å². The summed E-state index contributed by atoms with van der Waals surface area (Å²) in [5.41, 5.74) is 5.09. The van der Waals surface area contributed by atoms with E-state index in [2.05, 4.69) is 30.5 Å². The van der Waals surface area contributed by atoms with Gasteiger partial charge in [-0.1, -0.05) is 0 Å². The molecule has 0 spiro atoms. The molecule has 0 atom stereocenters. The molecule has 2 rings (SSSR count). The van der Waals surface area contributed by atoms with Crippen LogP contribution in [-0.4, -0.2) is 47.5 Å². The third-order valence-electron chi connectivity index (χ3n) is 2.89. The first-order valence-corrected chi connectivity index (χ1v) is 6.40. The Labute approximate surface area is 111 Å². The quantitative estimate of drug-likeness (QED) is 0.653. The van der Waals surface area contributed by atoms with E-state index in [9.17, 15) is 4.79 Å². The maximum absolute atomic E-state index is 10.7. The van der Waals surface area contributed by atoms with Crippen molar-refractivity contribution in [1.29, 1.82) is 0 Å². The van der Waals surface area contributed by atoms with E-state index in [1.54, 1.807) is 7.05 Å². The number of nitrogens with two attached hydrogens (primary N) is 1. The average Bonchev–Trinajstić information content (AvgIpc) is 2.92. The minimum absolute atomic E-state index is 0.250. The van der Waals surface area contributed by atoms with Gasteiger partial charge in [0.15, 0.2) is 0 Å². The van der Waals surface area contributed by atoms with Gasteiger partial charge in [0.05, 0.1) is 0 Å². The Hall–Kier alpha value is -2.12. The summed E-state index contributed by atoms with van der Waals surface area (Å²) in [5, 5.41) is 5.89. The van der Waals surface area contributed by atoms with E-state index in [1.165, 1.54) is 0 Å². The van der Waals surface area contributed by atoms with Gasteiger partial charge in [-0.15, -0.1) is 0 Å². The molecule has 2 heterocycles. The summed E-state index contributed by atoms with van der Waals surface area (Å²) in [4.78, 5) is 25.7. The largest absolute Gasteiger partial charge is 0.370 e. The molecule has 1 aromatic rings. The zero-order valence-corrected chi connectivity index (χ0v) is 11.0. The Morgan fingerprint density at radius 3 is 2.58 bits per heavy atom. The highest BCUT2D eigenvalue weighted by Crippen LogP contribution is 2.18. The second-order valence-corrected chi connectivity index (χ2v) is 4.37. The molecule has 1 aliphatic heterocycles. The number of nitrogens with one attached hydrogen (secondary N) is 2. The van der Waals surface area contributed by atoms with E-state index < -0.39 is 0 Å². The molecule has 1 aromatic heterocycles. The SMILES string of the molecule is CNc1nc(NCCC(N)=O)nc(N2CCCC2)n1. The second-order valence-electron chi connectivity index (χ2n) is 4.37. The Morgan fingerprint density at radius 2 is 1.95 bits per heavy atom. The number of anilines is 3. The predicted octanol–water partition coefficient (Wildman–Crippen LogP) is -0.199. The zero-order chi connectivity index (χ0) is 13.7. The van der Waals surface area contributed by atoms with Gasteiger partial charge in [-0.2, -0.15) is 15.0 Å². The van der Waals surface area contributed by atoms with Crippen LogP contribution >= 0.6 is 0 Å². The lowest BCUT2D eigenvalue weighted by molar-refractivity contribution is -0.117. The third kappa shape index (κ3) is 3.67. The summed E-state index contributed by atoms with van der Waals surface area (Å²) in [6, 6.07) is 0. The van der Waals surface area contributed by atoms with Gasteiger partial charge in [0.2, 0.25) is 23.8 Å². The Balaban J connectivity index is 2.08. The van der Waals surface area contributed by atoms with Gasteiger partial charge in [-0.25, -0.2) is 0 Å². The minimum atomic E-state index is -0.352. The van der Waals surface area contributed by atoms with Crippen molar-refractivity contribution in [3.05, 3.63) is 0 Å². The molecule has 1 fully saturated rings. The number of carbonyl (C=O) groups excluding carboxylic acids is 1. The van der Waals surface area contributed by atoms with Crippen LogP contribution in [-0.2, 0) is 4.79 Å². The van der Waals surface area contributed by atoms with Crippen molar-refractivity contribution in [1.82, 2.24) is 15.0 Å². The summed E-state index contributed by atoms with van der Waals surface area (Å²) >= 11 is 0. The molecule has 1 amide bonds. The molecule has 8 heteroatoms. The molecule has 0 radical (unpaired) electrons. The number of nitrogens with zero attached hydrogens (tertiary/aromatic N) is 4. The Kier molecular flexibility index (Phi) is 4.32. The molecule has 0 saturated carbocycles. The average molecular weight is 265 g/mol. The van der Waals surface area contributed by atoms with Crippen LogP contribution in [0, 0.1) is 0 Å². The summed E-state index contributed by atoms with van der Waals surface area (Å²) in [5.74, 6) is 1.29. The minimum Gasteiger partial charge on any atom is -0.370 e. The third-order valence-corrected chi connectivity index (χ3v) is 2.89. The maximum atomic E-state index is 10.7. The van der Waals surface area contributed by atoms with Gasteiger partial charge < -0.3 is 21.3 Å². The van der Waals surface area contributed by atoms with Crippen molar-refractivity contribution in [2.24, 2.45) is 5.73 Å². The van der Waals surface area contributed by atoms with Gasteiger partial charge in [0.1, 0.15) is 0 Å². The van der Waals surface area contributed by atoms with E-state index in [0.717, 1.165) is 25.9 Å². The zero-order valence-electron chi connectivity index (χ0n) is 11.0. The van der Waals surface area contributed by atoms with Crippen molar-refractivity contribution in [3.8, 4) is 0 Å². The van der Waals surface area contributed by atoms with Gasteiger partial charge in [0.25, 0.3) is 0 Å². The number of carbonyl (C=O) groups is 1. The fourth-order valence-corrected chi connectivity index (χ4v) is 1.91. The first-order chi connectivity index (χ1) is 9.19. The monoisotopic (exact) mass is 265 g/mol. The van der Waals surface area contributed by atoms with Crippen molar-refractivity contribution in [2.75, 3.05) is 42.2 Å². The standard InChI is InChI=1S/C11H19N7O/c1-13-9-15-10(14-5-4-8(12)19)17-11(16-9)18-6-2-3-7-18/h2-7H2,1H3,(H2,12,19)(H2,13,14,15,16,17). The molecule has 1 aliphatic rings. The van der Waals surface area contributed by atoms with Crippen LogP contribution in [0.4, 0.5) is 17.8 Å². The van der Waals surface area contributed by atoms with Crippen LogP contribution in [0.3, 0.4) is 0 Å². The van der Waals surface area contributed by atoms with Crippen LogP contribution in [0.2, 0.25) is 0 Å². The van der Waals surface area contributed by atoms with Gasteiger partial charge >= 0.3 is 0 Å². The molecule has 104 valence electrons. The lowest BCUT2D eigenvalue weighted by Gasteiger charge is -2.16. The number of primary amides is 1. The predicted molar refractivity (Wildman–Crippen MR) is 73.1 cm³/mol. The normalized spacial score (nSPS) is 14.5. The molecular weight excluding hydrogens is 246 g/mol. The van der Waals surface area contributed by atoms with Crippen LogP contribution in [0.25, 0.3) is 0 Å². The first kappa shape index (κ1) is 13.3. The highest BCUT2D eigenvalue weighted by Gasteiger charge is 2.17. The summed E-state index contributed by atoms with van der Waals surface area (Å²) in [7, 11) is 1.76. The summed E-state index contributed by atoms with van der Waals surface area (Å²) in [6.45, 7) is 2.35. The van der Waals surface area contributed by atoms with Gasteiger partial charge in [-0.3, -0.25) is 4.79 Å². The fraction of sp³-hybridized carbons (Fsp3) is 0.636. The van der Waals surface area contributed by atoms with E-state index in [4.69, 9.17) is 5.73 Å². The van der Waals surface area contributed by atoms with Crippen molar-refractivity contribution >= 4 is 23.8 Å². The summed E-state index contributed by atoms with van der Waals surface area (Å²) in [6.07, 6.45) is 2.57. The molecule has 1 saturated heterocycles. The van der Waals surface area contributed by atoms with Crippen molar-refractivity contribution < 1.29 is 4.79 Å². The van der Waals surface area contributed by atoms with Crippen LogP contribution in [0.15, 0.2) is 0 Å². The smallest absolute Gasteiger partial charge is 0.231 e. The number of amides is 1. The van der Waals surface area contributed by atoms with Gasteiger partial charge in [0, 0.05) is 33.1 Å². The van der Waals surface area contributed by atoms with Crippen LogP contribution in [0.5, 0.6) is 0 Å². The van der Waals surface area contributed by atoms with E-state index in [-0.39, 0.29) is 12.3 Å². The molecule has 0 bridgehead atoms. The van der Waals surface area contributed by atoms with Crippen molar-refractivity contribution in [2.45, 2.75) is 19.3 Å². The van der Waals surface area contributed by atoms with E-state index in [1.807, 2.05) is 0 Å². The number of hydrogen-bond acceptors (Lipinski definition) is 7. The van der Waals surface area contributed by atoms with Crippen LogP contribution in [0.1, 0.15) is 19.3 Å². The molecule has 4 N–H and O–H groups in total. The van der Waals surface area contributed by atoms with Crippen LogP contribution < -0.4 is 21.3 Å². The Bertz CT molecular complexity index is 445. The molecule has 8 nitrogen and oxygen atoms in total. The second kappa shape index (κ2) is 6.17. The molecule has 0 aromatic carbocycles. The molecule has 0 unspecified atom stereocenters. The summed E-state index contributed by atoms with van der Waals surface area (Å²) < 4.78 is 0. The fourth-order valence-electron chi connectivity index (χ4n) is 1.91. The highest BCUT2D eigenvalue weighted by atomic mass is 16.1. The Morgan fingerprint density at radius 1 is 1.26 bits per heavy atom. The highest BCUT2D eigenvalue weighted by molar-refractivity contribution is 5.74. The maximum Gasteiger partial charge on any atom is 0.231 e. The first-order valence-electron chi connectivity index (χ1n) is 6.40. The number of hydrogen-bond donors (Lipinski definition) is 3. The lowest BCUT2D eigenvalue weighted by atomic mass is 10.4. The number of rotatable bonds is 6. The van der Waals surface area contributed by atoms with Crippen molar-refractivity contribution in [3.63, 3.8) is 0 Å². The van der Waals surface area contributed by atoms with E-state index in [0.29, 0.717) is 24.4 Å². The number of aromatic nitrogens is 3. The lowest BCUT2D eigenvalue weighted by Crippen LogP contribution is -2.23. The molecular formula is C11H19N7O.